The Bertz CT molecular complexity index is 245. The van der Waals surface area contributed by atoms with E-state index in [0.717, 1.165) is 0 Å². The van der Waals surface area contributed by atoms with Crippen molar-refractivity contribution in [2.24, 2.45) is 0 Å². The summed E-state index contributed by atoms with van der Waals surface area (Å²) in [5, 5.41) is 0. The summed E-state index contributed by atoms with van der Waals surface area (Å²) in [7, 11) is 0. The van der Waals surface area contributed by atoms with Crippen molar-refractivity contribution in [3.05, 3.63) is 26.8 Å². The van der Waals surface area contributed by atoms with Gasteiger partial charge in [0.05, 0.1) is 0 Å². The van der Waals surface area contributed by atoms with Crippen LogP contribution in [-0.4, -0.2) is 6.26 Å². The molecule has 1 aromatic carbocycles. The molecule has 0 aromatic heterocycles. The maximum atomic E-state index is 2.39. The summed E-state index contributed by atoms with van der Waals surface area (Å²) in [6.07, 6.45) is 2.12. The molecule has 0 N–H and O–H groups in total. The van der Waals surface area contributed by atoms with Gasteiger partial charge in [0, 0.05) is 8.47 Å². The zero-order chi connectivity index (χ0) is 8.43. The fourth-order valence-electron chi connectivity index (χ4n) is 1.16. The third-order valence-corrected chi connectivity index (χ3v) is 3.74. The highest BCUT2D eigenvalue weighted by molar-refractivity contribution is 14.1. The smallest absolute Gasteiger partial charge is 0.0271 e. The second-order valence-electron chi connectivity index (χ2n) is 2.60. The number of aryl methyl sites for hydroxylation is 2. The van der Waals surface area contributed by atoms with Crippen LogP contribution in [0.2, 0.25) is 0 Å². The number of benzene rings is 1. The monoisotopic (exact) mass is 278 g/mol. The topological polar surface area (TPSA) is 0 Å². The fraction of sp³-hybridized carbons (Fsp3) is 0.333. The minimum absolute atomic E-state index is 1.35. The van der Waals surface area contributed by atoms with Gasteiger partial charge in [-0.2, -0.15) is 0 Å². The van der Waals surface area contributed by atoms with Crippen LogP contribution in [0.1, 0.15) is 11.1 Å². The lowest BCUT2D eigenvalue weighted by Crippen LogP contribution is -1.85. The van der Waals surface area contributed by atoms with Crippen molar-refractivity contribution in [3.63, 3.8) is 0 Å². The number of rotatable bonds is 1. The quantitative estimate of drug-likeness (QED) is 0.558. The van der Waals surface area contributed by atoms with E-state index in [2.05, 4.69) is 54.8 Å². The first-order chi connectivity index (χ1) is 5.15. The third-order valence-electron chi connectivity index (χ3n) is 1.58. The lowest BCUT2D eigenvalue weighted by Gasteiger charge is -2.06. The van der Waals surface area contributed by atoms with Crippen molar-refractivity contribution in [2.45, 2.75) is 18.7 Å². The van der Waals surface area contributed by atoms with Gasteiger partial charge in [0.1, 0.15) is 0 Å². The van der Waals surface area contributed by atoms with E-state index in [4.69, 9.17) is 0 Å². The van der Waals surface area contributed by atoms with E-state index in [9.17, 15) is 0 Å². The van der Waals surface area contributed by atoms with Crippen LogP contribution >= 0.6 is 34.4 Å². The Labute approximate surface area is 85.9 Å². The summed E-state index contributed by atoms with van der Waals surface area (Å²) in [4.78, 5) is 1.41. The lowest BCUT2D eigenvalue weighted by atomic mass is 10.2. The summed E-state index contributed by atoms with van der Waals surface area (Å²) in [6, 6.07) is 4.45. The molecule has 11 heavy (non-hydrogen) atoms. The van der Waals surface area contributed by atoms with Crippen LogP contribution < -0.4 is 0 Å². The van der Waals surface area contributed by atoms with E-state index in [-0.39, 0.29) is 0 Å². The first kappa shape index (κ1) is 9.39. The summed E-state index contributed by atoms with van der Waals surface area (Å²) in [6.45, 7) is 4.31. The van der Waals surface area contributed by atoms with Crippen LogP contribution in [-0.2, 0) is 0 Å². The standard InChI is InChI=1S/C9H11IS/c1-6-4-7(2)9(11-3)8(10)5-6/h4-5H,1-3H3. The van der Waals surface area contributed by atoms with E-state index in [1.54, 1.807) is 0 Å². The van der Waals surface area contributed by atoms with E-state index >= 15 is 0 Å². The van der Waals surface area contributed by atoms with Gasteiger partial charge in [-0.05, 0) is 59.9 Å². The Balaban J connectivity index is 3.25. The van der Waals surface area contributed by atoms with Crippen molar-refractivity contribution in [1.82, 2.24) is 0 Å². The molecule has 1 aromatic rings. The Morgan fingerprint density at radius 2 is 1.91 bits per heavy atom. The minimum atomic E-state index is 1.35. The molecule has 0 bridgehead atoms. The SMILES string of the molecule is CSc1c(C)cc(C)cc1I. The predicted octanol–water partition coefficient (Wildman–Crippen LogP) is 3.63. The molecule has 0 unspecified atom stereocenters. The molecule has 0 aliphatic heterocycles. The van der Waals surface area contributed by atoms with Gasteiger partial charge in [0.15, 0.2) is 0 Å². The first-order valence-electron chi connectivity index (χ1n) is 3.46. The van der Waals surface area contributed by atoms with Crippen LogP contribution in [0.15, 0.2) is 17.0 Å². The van der Waals surface area contributed by atoms with E-state index in [1.165, 1.54) is 19.6 Å². The summed E-state index contributed by atoms with van der Waals surface area (Å²) in [5.41, 5.74) is 2.74. The Morgan fingerprint density at radius 1 is 1.27 bits per heavy atom. The molecule has 0 heterocycles. The second kappa shape index (κ2) is 3.81. The lowest BCUT2D eigenvalue weighted by molar-refractivity contribution is 1.23. The Hall–Kier alpha value is 0.300. The molecule has 0 saturated heterocycles. The number of hydrogen-bond donors (Lipinski definition) is 0. The highest BCUT2D eigenvalue weighted by Gasteiger charge is 2.01. The molecular formula is C9H11IS. The molecule has 0 aliphatic rings. The van der Waals surface area contributed by atoms with Gasteiger partial charge in [0.2, 0.25) is 0 Å². The zero-order valence-corrected chi connectivity index (χ0v) is 9.91. The van der Waals surface area contributed by atoms with Gasteiger partial charge < -0.3 is 0 Å². The van der Waals surface area contributed by atoms with Gasteiger partial charge in [-0.15, -0.1) is 11.8 Å². The fourth-order valence-corrected chi connectivity index (χ4v) is 3.37. The summed E-state index contributed by atoms with van der Waals surface area (Å²) in [5.74, 6) is 0. The molecular weight excluding hydrogens is 267 g/mol. The average molecular weight is 278 g/mol. The molecule has 0 spiro atoms. The highest BCUT2D eigenvalue weighted by Crippen LogP contribution is 2.26. The predicted molar refractivity (Wildman–Crippen MR) is 60.4 cm³/mol. The number of hydrogen-bond acceptors (Lipinski definition) is 1. The molecule has 0 radical (unpaired) electrons. The van der Waals surface area contributed by atoms with Crippen LogP contribution in [0.4, 0.5) is 0 Å². The van der Waals surface area contributed by atoms with Crippen LogP contribution in [0.5, 0.6) is 0 Å². The second-order valence-corrected chi connectivity index (χ2v) is 4.58. The van der Waals surface area contributed by atoms with Gasteiger partial charge in [-0.1, -0.05) is 6.07 Å². The van der Waals surface area contributed by atoms with E-state index in [0.29, 0.717) is 0 Å². The van der Waals surface area contributed by atoms with Gasteiger partial charge in [-0.3, -0.25) is 0 Å². The molecule has 60 valence electrons. The molecule has 0 atom stereocenters. The van der Waals surface area contributed by atoms with Crippen LogP contribution in [0.3, 0.4) is 0 Å². The van der Waals surface area contributed by atoms with Crippen molar-refractivity contribution in [3.8, 4) is 0 Å². The third kappa shape index (κ3) is 2.12. The maximum absolute atomic E-state index is 2.39. The molecule has 0 amide bonds. The molecule has 1 rings (SSSR count). The van der Waals surface area contributed by atoms with Gasteiger partial charge in [0.25, 0.3) is 0 Å². The van der Waals surface area contributed by atoms with Crippen molar-refractivity contribution in [2.75, 3.05) is 6.26 Å². The van der Waals surface area contributed by atoms with Crippen molar-refractivity contribution in [1.29, 1.82) is 0 Å². The van der Waals surface area contributed by atoms with E-state index < -0.39 is 0 Å². The minimum Gasteiger partial charge on any atom is -0.128 e. The Kier molecular flexibility index (Phi) is 3.25. The van der Waals surface area contributed by atoms with Gasteiger partial charge in [-0.25, -0.2) is 0 Å². The Morgan fingerprint density at radius 3 is 2.36 bits per heavy atom. The maximum Gasteiger partial charge on any atom is 0.0271 e. The van der Waals surface area contributed by atoms with Crippen LogP contribution in [0.25, 0.3) is 0 Å². The van der Waals surface area contributed by atoms with Gasteiger partial charge >= 0.3 is 0 Å². The molecule has 0 fully saturated rings. The van der Waals surface area contributed by atoms with E-state index in [1.807, 2.05) is 11.8 Å². The largest absolute Gasteiger partial charge is 0.128 e. The van der Waals surface area contributed by atoms with Crippen molar-refractivity contribution < 1.29 is 0 Å². The zero-order valence-electron chi connectivity index (χ0n) is 6.94. The molecule has 2 heteroatoms. The highest BCUT2D eigenvalue weighted by atomic mass is 127. The van der Waals surface area contributed by atoms with Crippen molar-refractivity contribution >= 4 is 34.4 Å². The number of thioether (sulfide) groups is 1. The summed E-state index contributed by atoms with van der Waals surface area (Å²) >= 11 is 4.21. The molecule has 0 saturated carbocycles. The number of halogens is 1. The summed E-state index contributed by atoms with van der Waals surface area (Å²) < 4.78 is 1.37. The molecule has 0 nitrogen and oxygen atoms in total. The average Bonchev–Trinajstić information content (AvgIpc) is 1.85. The molecule has 0 aliphatic carbocycles. The normalized spacial score (nSPS) is 10.2. The first-order valence-corrected chi connectivity index (χ1v) is 5.76. The van der Waals surface area contributed by atoms with Crippen LogP contribution in [0, 0.1) is 17.4 Å².